The predicted octanol–water partition coefficient (Wildman–Crippen LogP) is 2.23. The Balaban J connectivity index is 3.30. The van der Waals surface area contributed by atoms with Crippen LogP contribution in [-0.4, -0.2) is 16.0 Å². The largest absolute Gasteiger partial charge is 0.508 e. The molecule has 0 radical (unpaired) electrons. The lowest BCUT2D eigenvalue weighted by molar-refractivity contribution is -0.136. The summed E-state index contributed by atoms with van der Waals surface area (Å²) in [6, 6.07) is 4.16. The highest BCUT2D eigenvalue weighted by molar-refractivity contribution is 6.31. The zero-order valence-corrected chi connectivity index (χ0v) is 9.38. The summed E-state index contributed by atoms with van der Waals surface area (Å²) in [6.07, 6.45) is 0.243. The molecule has 4 heteroatoms. The summed E-state index contributed by atoms with van der Waals surface area (Å²) in [5.41, 5.74) is -1.23. The number of phenols is 1. The third kappa shape index (κ3) is 2.13. The average molecular weight is 229 g/mol. The van der Waals surface area contributed by atoms with Crippen LogP contribution >= 0.6 is 11.6 Å². The Hall–Kier alpha value is -1.06. The summed E-state index contributed by atoms with van der Waals surface area (Å²) in [5.74, 6) is -0.358. The number of rotatable bonds is 3. The first-order chi connectivity index (χ1) is 6.91. The number of phenolic OH excluding ortho intramolecular Hbond substituents is 1. The molecule has 0 spiro atoms. The topological polar surface area (TPSA) is 57.5 Å². The van der Waals surface area contributed by atoms with E-state index in [4.69, 9.17) is 16.7 Å². The van der Waals surface area contributed by atoms with Crippen LogP contribution in [0.1, 0.15) is 25.8 Å². The molecule has 0 aliphatic heterocycles. The van der Waals surface area contributed by atoms with E-state index < -0.39 is 5.60 Å². The van der Waals surface area contributed by atoms with E-state index in [1.165, 1.54) is 25.1 Å². The molecular formula is C11H13ClO3. The Labute approximate surface area is 93.3 Å². The molecule has 0 bridgehead atoms. The fraction of sp³-hybridized carbons (Fsp3) is 0.364. The highest BCUT2D eigenvalue weighted by atomic mass is 35.5. The van der Waals surface area contributed by atoms with Crippen LogP contribution in [0.25, 0.3) is 0 Å². The van der Waals surface area contributed by atoms with E-state index in [2.05, 4.69) is 0 Å². The molecule has 1 atom stereocenters. The van der Waals surface area contributed by atoms with E-state index in [9.17, 15) is 9.90 Å². The van der Waals surface area contributed by atoms with Crippen molar-refractivity contribution in [1.82, 2.24) is 0 Å². The Bertz CT molecular complexity index is 389. The maximum atomic E-state index is 11.4. The maximum Gasteiger partial charge on any atom is 0.165 e. The van der Waals surface area contributed by atoms with Gasteiger partial charge in [0.25, 0.3) is 0 Å². The first-order valence-corrected chi connectivity index (χ1v) is 5.02. The molecule has 1 aromatic carbocycles. The quantitative estimate of drug-likeness (QED) is 0.834. The van der Waals surface area contributed by atoms with Gasteiger partial charge in [-0.1, -0.05) is 24.6 Å². The highest BCUT2D eigenvalue weighted by Crippen LogP contribution is 2.33. The Morgan fingerprint density at radius 2 is 2.13 bits per heavy atom. The number of hydrogen-bond donors (Lipinski definition) is 2. The van der Waals surface area contributed by atoms with Gasteiger partial charge in [-0.25, -0.2) is 0 Å². The van der Waals surface area contributed by atoms with Gasteiger partial charge in [0.15, 0.2) is 5.78 Å². The zero-order chi connectivity index (χ0) is 11.6. The zero-order valence-electron chi connectivity index (χ0n) is 8.62. The second-order valence-corrected chi connectivity index (χ2v) is 3.84. The number of ketones is 1. The number of Topliss-reactive ketones (excluding diaryl/α,β-unsaturated/α-hetero) is 1. The third-order valence-electron chi connectivity index (χ3n) is 2.49. The van der Waals surface area contributed by atoms with Gasteiger partial charge in [-0.2, -0.15) is 0 Å². The number of benzene rings is 1. The second kappa shape index (κ2) is 4.21. The molecule has 3 nitrogen and oxygen atoms in total. The van der Waals surface area contributed by atoms with Gasteiger partial charge in [0.2, 0.25) is 0 Å². The number of aromatic hydroxyl groups is 1. The predicted molar refractivity (Wildman–Crippen MR) is 58.0 cm³/mol. The summed E-state index contributed by atoms with van der Waals surface area (Å²) in [5, 5.41) is 19.5. The SMILES string of the molecule is CCC(O)(C(C)=O)c1ccc(O)cc1Cl. The Morgan fingerprint density at radius 1 is 1.53 bits per heavy atom. The van der Waals surface area contributed by atoms with Crippen LogP contribution in [0, 0.1) is 0 Å². The molecule has 0 saturated carbocycles. The molecule has 0 aliphatic rings. The number of halogens is 1. The van der Waals surface area contributed by atoms with Crippen molar-refractivity contribution in [3.63, 3.8) is 0 Å². The molecule has 0 amide bonds. The summed E-state index contributed by atoms with van der Waals surface area (Å²) in [6.45, 7) is 3.01. The van der Waals surface area contributed by atoms with Gasteiger partial charge in [-0.15, -0.1) is 0 Å². The summed E-state index contributed by atoms with van der Waals surface area (Å²) < 4.78 is 0. The van der Waals surface area contributed by atoms with Gasteiger partial charge in [0.1, 0.15) is 11.4 Å². The number of aliphatic hydroxyl groups is 1. The lowest BCUT2D eigenvalue weighted by Gasteiger charge is -2.25. The van der Waals surface area contributed by atoms with Crippen LogP contribution in [0.4, 0.5) is 0 Å². The summed E-state index contributed by atoms with van der Waals surface area (Å²) in [7, 11) is 0. The lowest BCUT2D eigenvalue weighted by atomic mass is 9.87. The van der Waals surface area contributed by atoms with Gasteiger partial charge in [-0.3, -0.25) is 4.79 Å². The standard InChI is InChI=1S/C11H13ClO3/c1-3-11(15,7(2)13)9-5-4-8(14)6-10(9)12/h4-6,14-15H,3H2,1-2H3. The molecule has 1 unspecified atom stereocenters. The maximum absolute atomic E-state index is 11.4. The molecule has 1 rings (SSSR count). The summed E-state index contributed by atoms with van der Waals surface area (Å²) in [4.78, 5) is 11.4. The monoisotopic (exact) mass is 228 g/mol. The van der Waals surface area contributed by atoms with Crippen LogP contribution in [0.15, 0.2) is 18.2 Å². The molecular weight excluding hydrogens is 216 g/mol. The molecule has 15 heavy (non-hydrogen) atoms. The van der Waals surface area contributed by atoms with E-state index in [0.29, 0.717) is 5.56 Å². The molecule has 0 fully saturated rings. The smallest absolute Gasteiger partial charge is 0.165 e. The van der Waals surface area contributed by atoms with Crippen molar-refractivity contribution in [2.45, 2.75) is 25.9 Å². The number of carbonyl (C=O) groups is 1. The van der Waals surface area contributed by atoms with Crippen molar-refractivity contribution in [3.05, 3.63) is 28.8 Å². The Morgan fingerprint density at radius 3 is 2.53 bits per heavy atom. The lowest BCUT2D eigenvalue weighted by Crippen LogP contribution is -2.33. The minimum absolute atomic E-state index is 0.00533. The molecule has 0 saturated heterocycles. The van der Waals surface area contributed by atoms with Crippen molar-refractivity contribution in [3.8, 4) is 5.75 Å². The minimum Gasteiger partial charge on any atom is -0.508 e. The fourth-order valence-electron chi connectivity index (χ4n) is 1.47. The third-order valence-corrected chi connectivity index (χ3v) is 2.81. The van der Waals surface area contributed by atoms with Crippen LogP contribution < -0.4 is 0 Å². The fourth-order valence-corrected chi connectivity index (χ4v) is 1.80. The average Bonchev–Trinajstić information content (AvgIpc) is 2.16. The van der Waals surface area contributed by atoms with E-state index >= 15 is 0 Å². The molecule has 2 N–H and O–H groups in total. The van der Waals surface area contributed by atoms with E-state index in [0.717, 1.165) is 0 Å². The highest BCUT2D eigenvalue weighted by Gasteiger charge is 2.34. The molecule has 0 aliphatic carbocycles. The van der Waals surface area contributed by atoms with Crippen molar-refractivity contribution in [2.75, 3.05) is 0 Å². The first-order valence-electron chi connectivity index (χ1n) is 4.64. The number of hydrogen-bond acceptors (Lipinski definition) is 3. The second-order valence-electron chi connectivity index (χ2n) is 3.43. The van der Waals surface area contributed by atoms with Gasteiger partial charge in [-0.05, 0) is 25.5 Å². The normalized spacial score (nSPS) is 14.7. The van der Waals surface area contributed by atoms with Crippen molar-refractivity contribution < 1.29 is 15.0 Å². The van der Waals surface area contributed by atoms with Crippen molar-refractivity contribution >= 4 is 17.4 Å². The van der Waals surface area contributed by atoms with Crippen molar-refractivity contribution in [2.24, 2.45) is 0 Å². The van der Waals surface area contributed by atoms with Gasteiger partial charge >= 0.3 is 0 Å². The number of carbonyl (C=O) groups excluding carboxylic acids is 1. The van der Waals surface area contributed by atoms with Crippen LogP contribution in [0.2, 0.25) is 5.02 Å². The Kier molecular flexibility index (Phi) is 3.37. The van der Waals surface area contributed by atoms with Crippen molar-refractivity contribution in [1.29, 1.82) is 0 Å². The van der Waals surface area contributed by atoms with E-state index in [1.807, 2.05) is 0 Å². The van der Waals surface area contributed by atoms with Crippen LogP contribution in [0.5, 0.6) is 5.75 Å². The van der Waals surface area contributed by atoms with Crippen LogP contribution in [0.3, 0.4) is 0 Å². The van der Waals surface area contributed by atoms with Gasteiger partial charge in [0.05, 0.1) is 5.02 Å². The molecule has 0 heterocycles. The van der Waals surface area contributed by atoms with Gasteiger partial charge < -0.3 is 10.2 Å². The molecule has 1 aromatic rings. The molecule has 0 aromatic heterocycles. The van der Waals surface area contributed by atoms with Gasteiger partial charge in [0, 0.05) is 5.56 Å². The van der Waals surface area contributed by atoms with E-state index in [1.54, 1.807) is 6.92 Å². The minimum atomic E-state index is -1.56. The van der Waals surface area contributed by atoms with E-state index in [-0.39, 0.29) is 23.0 Å². The molecule has 82 valence electrons. The first kappa shape index (κ1) is 12.0. The summed E-state index contributed by atoms with van der Waals surface area (Å²) >= 11 is 5.86. The van der Waals surface area contributed by atoms with Crippen LogP contribution in [-0.2, 0) is 10.4 Å².